The Kier molecular flexibility index (Phi) is 8.31. The minimum absolute atomic E-state index is 0.0894. The Balaban J connectivity index is 1.64. The van der Waals surface area contributed by atoms with E-state index in [0.717, 1.165) is 24.1 Å². The Morgan fingerprint density at radius 1 is 1.18 bits per heavy atom. The minimum Gasteiger partial charge on any atom is -0.465 e. The number of halogens is 1. The van der Waals surface area contributed by atoms with Gasteiger partial charge in [-0.05, 0) is 38.5 Å². The van der Waals surface area contributed by atoms with E-state index in [-0.39, 0.29) is 25.2 Å². The van der Waals surface area contributed by atoms with Gasteiger partial charge in [0.2, 0.25) is 5.91 Å². The highest BCUT2D eigenvalue weighted by Crippen LogP contribution is 2.47. The molecule has 0 unspecified atom stereocenters. The number of allylic oxidation sites excluding steroid dienone is 1. The Labute approximate surface area is 218 Å². The Morgan fingerprint density at radius 3 is 2.63 bits per heavy atom. The highest BCUT2D eigenvalue weighted by atomic mass is 31.2. The van der Waals surface area contributed by atoms with Gasteiger partial charge in [0.25, 0.3) is 0 Å². The normalized spacial score (nSPS) is 35.2. The fraction of sp³-hybridized carbons (Fsp3) is 0.500. The fourth-order valence-electron chi connectivity index (χ4n) is 4.17. The lowest BCUT2D eigenvalue weighted by Gasteiger charge is -2.33. The summed E-state index contributed by atoms with van der Waals surface area (Å²) in [7, 11) is -4.32. The summed E-state index contributed by atoms with van der Waals surface area (Å²) in [6.07, 6.45) is -2.84. The number of nitrogens with one attached hydrogen (secondary N) is 1. The third-order valence-electron chi connectivity index (χ3n) is 6.08. The van der Waals surface area contributed by atoms with Crippen molar-refractivity contribution in [2.75, 3.05) is 13.2 Å². The molecule has 4 rings (SSSR count). The van der Waals surface area contributed by atoms with E-state index in [2.05, 4.69) is 5.09 Å². The number of rotatable bonds is 3. The fourth-order valence-corrected chi connectivity index (χ4v) is 5.67. The highest BCUT2D eigenvalue weighted by Gasteiger charge is 2.60. The van der Waals surface area contributed by atoms with Crippen LogP contribution >= 0.6 is 7.75 Å². The molecular formula is C24H28FN2O10P. The van der Waals surface area contributed by atoms with Crippen molar-refractivity contribution in [1.29, 1.82) is 0 Å². The van der Waals surface area contributed by atoms with Gasteiger partial charge in [0.15, 0.2) is 23.8 Å². The monoisotopic (exact) mass is 554 g/mol. The number of para-hydroxylation sites is 1. The molecule has 0 saturated carbocycles. The van der Waals surface area contributed by atoms with Gasteiger partial charge in [0.05, 0.1) is 19.6 Å². The van der Waals surface area contributed by atoms with Crippen LogP contribution in [0.2, 0.25) is 0 Å². The summed E-state index contributed by atoms with van der Waals surface area (Å²) in [6.45, 7) is 1.73. The molecule has 1 aromatic carbocycles. The van der Waals surface area contributed by atoms with Crippen LogP contribution in [0.1, 0.15) is 33.1 Å². The third kappa shape index (κ3) is 6.29. The number of amides is 1. The summed E-state index contributed by atoms with van der Waals surface area (Å²) in [6, 6.07) is 6.87. The van der Waals surface area contributed by atoms with Crippen molar-refractivity contribution in [2.24, 2.45) is 0 Å². The van der Waals surface area contributed by atoms with Crippen molar-refractivity contribution >= 4 is 31.4 Å². The van der Waals surface area contributed by atoms with Crippen LogP contribution in [0, 0.1) is 0 Å². The van der Waals surface area contributed by atoms with Gasteiger partial charge in [-0.2, -0.15) is 5.09 Å². The van der Waals surface area contributed by atoms with Crippen molar-refractivity contribution in [3.63, 3.8) is 0 Å². The van der Waals surface area contributed by atoms with Gasteiger partial charge in [0.1, 0.15) is 17.9 Å². The number of cyclic esters (lactones) is 1. The van der Waals surface area contributed by atoms with Crippen LogP contribution in [0.4, 0.5) is 4.39 Å². The molecule has 0 aliphatic carbocycles. The lowest BCUT2D eigenvalue weighted by Crippen LogP contribution is -2.52. The van der Waals surface area contributed by atoms with Gasteiger partial charge in [-0.1, -0.05) is 18.2 Å². The maximum absolute atomic E-state index is 16.2. The third-order valence-corrected chi connectivity index (χ3v) is 7.72. The van der Waals surface area contributed by atoms with Crippen molar-refractivity contribution in [1.82, 2.24) is 9.99 Å². The van der Waals surface area contributed by atoms with E-state index >= 15 is 4.39 Å². The average molecular weight is 554 g/mol. The number of hydrogen-bond donors (Lipinski definition) is 1. The molecule has 0 spiro atoms. The van der Waals surface area contributed by atoms with E-state index in [4.69, 9.17) is 23.3 Å². The number of carbonyl (C=O) groups excluding carboxylic acids is 4. The molecule has 0 aromatic heterocycles. The van der Waals surface area contributed by atoms with E-state index in [0.29, 0.717) is 0 Å². The molecule has 38 heavy (non-hydrogen) atoms. The zero-order chi connectivity index (χ0) is 27.5. The SMILES string of the molecule is C[C@@H]1N[P@@](=O)(Oc2ccccc2)OC[C@H]2O[C@@H](N3C=CC(=O)CC3=O)[C@](C)(F)[C@@H]2OC(=O)CCCOC1=O. The lowest BCUT2D eigenvalue weighted by atomic mass is 9.97. The van der Waals surface area contributed by atoms with Gasteiger partial charge in [0, 0.05) is 12.6 Å². The van der Waals surface area contributed by atoms with Crippen molar-refractivity contribution < 1.29 is 51.4 Å². The van der Waals surface area contributed by atoms with Crippen LogP contribution < -0.4 is 9.61 Å². The molecule has 1 N–H and O–H groups in total. The molecule has 206 valence electrons. The molecule has 1 amide bonds. The average Bonchev–Trinajstić information content (AvgIpc) is 3.10. The van der Waals surface area contributed by atoms with Gasteiger partial charge in [-0.25, -0.2) is 8.96 Å². The largest absolute Gasteiger partial charge is 0.465 e. The number of benzene rings is 1. The van der Waals surface area contributed by atoms with Gasteiger partial charge < -0.3 is 18.7 Å². The number of carbonyl (C=O) groups is 4. The second-order valence-corrected chi connectivity index (χ2v) is 10.9. The smallest absolute Gasteiger partial charge is 0.459 e. The van der Waals surface area contributed by atoms with Crippen LogP contribution in [0.3, 0.4) is 0 Å². The van der Waals surface area contributed by atoms with Crippen LogP contribution in [0.25, 0.3) is 0 Å². The maximum Gasteiger partial charge on any atom is 0.459 e. The Bertz CT molecular complexity index is 1160. The second-order valence-electron chi connectivity index (χ2n) is 9.17. The molecular weight excluding hydrogens is 526 g/mol. The first-order valence-corrected chi connectivity index (χ1v) is 13.5. The zero-order valence-corrected chi connectivity index (χ0v) is 21.6. The summed E-state index contributed by atoms with van der Waals surface area (Å²) in [5, 5.41) is 2.51. The summed E-state index contributed by atoms with van der Waals surface area (Å²) in [5.41, 5.74) is -2.45. The number of nitrogens with zero attached hydrogens (tertiary/aromatic N) is 1. The van der Waals surface area contributed by atoms with Crippen LogP contribution in [0.5, 0.6) is 5.75 Å². The molecule has 3 aliphatic heterocycles. The molecule has 0 bridgehead atoms. The summed E-state index contributed by atoms with van der Waals surface area (Å²) in [4.78, 5) is 49.9. The topological polar surface area (TPSA) is 147 Å². The number of fused-ring (bicyclic) bond motifs is 1. The Morgan fingerprint density at radius 2 is 1.92 bits per heavy atom. The van der Waals surface area contributed by atoms with Crippen molar-refractivity contribution in [3.05, 3.63) is 42.6 Å². The van der Waals surface area contributed by atoms with Gasteiger partial charge >= 0.3 is 19.7 Å². The first-order chi connectivity index (χ1) is 18.0. The van der Waals surface area contributed by atoms with E-state index in [9.17, 15) is 23.7 Å². The standard InChI is InChI=1S/C24H28FN2O10P/c1-15-22(31)33-12-6-9-20(30)36-21-18(14-34-38(32,26-15)37-17-7-4-3-5-8-17)35-23(24(21,2)25)27-11-10-16(28)13-19(27)29/h3-5,7-8,10-11,15,18,21,23H,6,9,12-14H2,1-2H3,(H,26,32)/t15-,18+,21+,23+,24+,38-/m0/s1. The van der Waals surface area contributed by atoms with E-state index < -0.39 is 74.5 Å². The number of hydrogen-bond acceptors (Lipinski definition) is 10. The molecule has 0 radical (unpaired) electrons. The zero-order valence-electron chi connectivity index (χ0n) is 20.7. The first-order valence-electron chi connectivity index (χ1n) is 12.0. The number of esters is 2. The first kappa shape index (κ1) is 27.9. The predicted octanol–water partition coefficient (Wildman–Crippen LogP) is 2.19. The lowest BCUT2D eigenvalue weighted by molar-refractivity contribution is -0.160. The van der Waals surface area contributed by atoms with Gasteiger partial charge in [-0.15, -0.1) is 0 Å². The van der Waals surface area contributed by atoms with E-state index in [1.54, 1.807) is 18.2 Å². The maximum atomic E-state index is 16.2. The minimum atomic E-state index is -4.32. The number of ketones is 1. The second kappa shape index (κ2) is 11.3. The van der Waals surface area contributed by atoms with E-state index in [1.165, 1.54) is 19.1 Å². The Hall–Kier alpha value is -3.12. The highest BCUT2D eigenvalue weighted by molar-refractivity contribution is 7.52. The van der Waals surface area contributed by atoms with Crippen LogP contribution in [0.15, 0.2) is 42.6 Å². The van der Waals surface area contributed by atoms with Crippen molar-refractivity contribution in [2.45, 2.75) is 63.3 Å². The molecule has 12 nitrogen and oxygen atoms in total. The molecule has 14 heteroatoms. The molecule has 2 saturated heterocycles. The van der Waals surface area contributed by atoms with Crippen LogP contribution in [-0.4, -0.2) is 71.9 Å². The summed E-state index contributed by atoms with van der Waals surface area (Å²) < 4.78 is 57.4. The predicted molar refractivity (Wildman–Crippen MR) is 127 cm³/mol. The molecule has 3 aliphatic rings. The molecule has 1 aromatic rings. The number of ether oxygens (including phenoxy) is 3. The molecule has 3 heterocycles. The van der Waals surface area contributed by atoms with Gasteiger partial charge in [-0.3, -0.25) is 28.6 Å². The van der Waals surface area contributed by atoms with E-state index in [1.807, 2.05) is 0 Å². The summed E-state index contributed by atoms with van der Waals surface area (Å²) >= 11 is 0. The van der Waals surface area contributed by atoms with Crippen LogP contribution in [-0.2, 0) is 42.5 Å². The number of alkyl halides is 1. The molecule has 6 atom stereocenters. The molecule has 2 fully saturated rings. The quantitative estimate of drug-likeness (QED) is 0.333. The summed E-state index contributed by atoms with van der Waals surface area (Å²) in [5.74, 6) is -2.55. The van der Waals surface area contributed by atoms with Crippen molar-refractivity contribution in [3.8, 4) is 5.75 Å².